The fourth-order valence-electron chi connectivity index (χ4n) is 6.48. The standard InChI is InChI=1S/C28H27N9O3/c1-14(39)23-24(17-8-19-3-4-20(9-17)36(19)28(40)26-31-13-32-35-26)34-27-21(11-33-37(27)25(23)29)18-7-16-6-15(12-38)2-5-22(16)30-10-18/h2,5-7,10-11,13,17,19-20,38H,3-4,8-9,12,29H2,1H3,(H,31,32,35)/t17-,19-,20+. The number of nitrogen functional groups attached to an aromatic ring is 1. The molecule has 3 atom stereocenters. The van der Waals surface area contributed by atoms with E-state index in [0.29, 0.717) is 29.7 Å². The van der Waals surface area contributed by atoms with Crippen molar-refractivity contribution in [2.45, 2.75) is 57.2 Å². The second kappa shape index (κ2) is 9.19. The molecule has 0 radical (unpaired) electrons. The van der Waals surface area contributed by atoms with E-state index in [-0.39, 0.29) is 47.9 Å². The van der Waals surface area contributed by atoms with Crippen LogP contribution in [0.3, 0.4) is 0 Å². The Morgan fingerprint density at radius 3 is 2.65 bits per heavy atom. The zero-order valence-electron chi connectivity index (χ0n) is 21.8. The second-order valence-corrected chi connectivity index (χ2v) is 10.6. The number of rotatable bonds is 5. The van der Waals surface area contributed by atoms with Gasteiger partial charge in [0.1, 0.15) is 12.1 Å². The Balaban J connectivity index is 1.30. The van der Waals surface area contributed by atoms with Crippen molar-refractivity contribution >= 4 is 34.1 Å². The molecular formula is C28H27N9O3. The van der Waals surface area contributed by atoms with Crippen LogP contribution in [-0.4, -0.2) is 68.5 Å². The molecule has 4 N–H and O–H groups in total. The number of fused-ring (bicyclic) bond motifs is 4. The Hall–Kier alpha value is -4.71. The summed E-state index contributed by atoms with van der Waals surface area (Å²) in [5.41, 5.74) is 11.3. The van der Waals surface area contributed by atoms with Gasteiger partial charge in [0.15, 0.2) is 11.4 Å². The summed E-state index contributed by atoms with van der Waals surface area (Å²) in [5.74, 6) is 0.122. The Labute approximate surface area is 228 Å². The molecule has 1 amide bonds. The number of nitrogens with one attached hydrogen (secondary N) is 1. The maximum atomic E-state index is 13.1. The molecule has 2 aliphatic heterocycles. The number of nitrogens with two attached hydrogens (primary N) is 1. The average Bonchev–Trinajstić information content (AvgIpc) is 3.70. The summed E-state index contributed by atoms with van der Waals surface area (Å²) in [6, 6.07) is 7.64. The first-order valence-electron chi connectivity index (χ1n) is 13.3. The second-order valence-electron chi connectivity index (χ2n) is 10.6. The van der Waals surface area contributed by atoms with Crippen molar-refractivity contribution in [1.29, 1.82) is 0 Å². The largest absolute Gasteiger partial charge is 0.392 e. The molecular weight excluding hydrogens is 510 g/mol. The van der Waals surface area contributed by atoms with E-state index in [1.165, 1.54) is 17.8 Å². The number of carbonyl (C=O) groups excluding carboxylic acids is 2. The van der Waals surface area contributed by atoms with Gasteiger partial charge in [0, 0.05) is 40.7 Å². The van der Waals surface area contributed by atoms with Crippen molar-refractivity contribution in [3.63, 3.8) is 0 Å². The summed E-state index contributed by atoms with van der Waals surface area (Å²) >= 11 is 0. The van der Waals surface area contributed by atoms with Crippen LogP contribution in [0.15, 0.2) is 43.0 Å². The molecule has 2 aliphatic rings. The number of amides is 1. The number of anilines is 1. The van der Waals surface area contributed by atoms with Gasteiger partial charge in [0.05, 0.1) is 29.6 Å². The van der Waals surface area contributed by atoms with Gasteiger partial charge in [-0.3, -0.25) is 14.6 Å². The number of nitrogens with zero attached hydrogens (tertiary/aromatic N) is 7. The molecule has 12 nitrogen and oxygen atoms in total. The summed E-state index contributed by atoms with van der Waals surface area (Å²) in [5, 5.41) is 22.6. The zero-order valence-corrected chi connectivity index (χ0v) is 21.8. The number of aromatic nitrogens is 7. The first kappa shape index (κ1) is 24.3. The lowest BCUT2D eigenvalue weighted by molar-refractivity contribution is 0.0556. The van der Waals surface area contributed by atoms with Crippen LogP contribution in [0.25, 0.3) is 27.7 Å². The first-order valence-corrected chi connectivity index (χ1v) is 13.3. The van der Waals surface area contributed by atoms with Gasteiger partial charge in [-0.15, -0.1) is 10.2 Å². The van der Waals surface area contributed by atoms with E-state index in [1.54, 1.807) is 12.4 Å². The summed E-state index contributed by atoms with van der Waals surface area (Å²) in [6.45, 7) is 1.44. The normalized spacial score (nSPS) is 20.4. The fraction of sp³-hybridized carbons (Fsp3) is 0.321. The van der Waals surface area contributed by atoms with Crippen LogP contribution in [0.2, 0.25) is 0 Å². The molecule has 40 heavy (non-hydrogen) atoms. The van der Waals surface area contributed by atoms with Crippen LogP contribution in [0.5, 0.6) is 0 Å². The van der Waals surface area contributed by atoms with E-state index in [9.17, 15) is 14.7 Å². The van der Waals surface area contributed by atoms with Crippen molar-refractivity contribution in [2.24, 2.45) is 0 Å². The third-order valence-corrected chi connectivity index (χ3v) is 8.28. The Morgan fingerprint density at radius 1 is 1.15 bits per heavy atom. The van der Waals surface area contributed by atoms with E-state index in [0.717, 1.165) is 40.4 Å². The van der Waals surface area contributed by atoms with E-state index >= 15 is 0 Å². The number of ketones is 1. The van der Waals surface area contributed by atoms with Gasteiger partial charge >= 0.3 is 0 Å². The van der Waals surface area contributed by atoms with Crippen molar-refractivity contribution < 1.29 is 14.7 Å². The number of pyridine rings is 1. The third kappa shape index (κ3) is 3.74. The van der Waals surface area contributed by atoms with Crippen LogP contribution < -0.4 is 5.73 Å². The average molecular weight is 538 g/mol. The number of H-pyrrole nitrogens is 1. The van der Waals surface area contributed by atoms with Crippen LogP contribution >= 0.6 is 0 Å². The third-order valence-electron chi connectivity index (χ3n) is 8.28. The minimum absolute atomic E-state index is 0.00944. The van der Waals surface area contributed by atoms with Crippen molar-refractivity contribution in [2.75, 3.05) is 5.73 Å². The van der Waals surface area contributed by atoms with E-state index in [1.807, 2.05) is 29.2 Å². The molecule has 6 heterocycles. The minimum Gasteiger partial charge on any atom is -0.392 e. The molecule has 0 aliphatic carbocycles. The predicted molar refractivity (Wildman–Crippen MR) is 145 cm³/mol. The number of aliphatic hydroxyl groups is 1. The zero-order chi connectivity index (χ0) is 27.5. The maximum Gasteiger partial charge on any atom is 0.292 e. The highest BCUT2D eigenvalue weighted by molar-refractivity contribution is 6.00. The summed E-state index contributed by atoms with van der Waals surface area (Å²) < 4.78 is 1.51. The molecule has 0 saturated carbocycles. The molecule has 2 fully saturated rings. The molecule has 0 spiro atoms. The minimum atomic E-state index is -0.171. The fourth-order valence-corrected chi connectivity index (χ4v) is 6.48. The lowest BCUT2D eigenvalue weighted by Crippen LogP contribution is -2.46. The number of aromatic amines is 1. The highest BCUT2D eigenvalue weighted by atomic mass is 16.3. The number of hydrogen-bond acceptors (Lipinski definition) is 9. The van der Waals surface area contributed by atoms with Gasteiger partial charge in [-0.25, -0.2) is 4.98 Å². The predicted octanol–water partition coefficient (Wildman–Crippen LogP) is 2.89. The van der Waals surface area contributed by atoms with E-state index in [4.69, 9.17) is 10.7 Å². The first-order chi connectivity index (χ1) is 19.4. The Kier molecular flexibility index (Phi) is 5.59. The van der Waals surface area contributed by atoms with Gasteiger partial charge in [-0.1, -0.05) is 6.07 Å². The van der Waals surface area contributed by atoms with Crippen molar-refractivity contribution in [3.8, 4) is 11.1 Å². The van der Waals surface area contributed by atoms with Crippen LogP contribution in [0.4, 0.5) is 5.82 Å². The van der Waals surface area contributed by atoms with Gasteiger partial charge in [0.25, 0.3) is 5.91 Å². The number of aliphatic hydroxyl groups excluding tert-OH is 1. The molecule has 4 aromatic heterocycles. The lowest BCUT2D eigenvalue weighted by atomic mass is 9.85. The molecule has 7 rings (SSSR count). The number of piperidine rings is 1. The smallest absolute Gasteiger partial charge is 0.292 e. The highest BCUT2D eigenvalue weighted by Crippen LogP contribution is 2.45. The lowest BCUT2D eigenvalue weighted by Gasteiger charge is -2.38. The van der Waals surface area contributed by atoms with Gasteiger partial charge in [-0.2, -0.15) is 9.61 Å². The summed E-state index contributed by atoms with van der Waals surface area (Å²) in [4.78, 5) is 40.4. The van der Waals surface area contributed by atoms with Gasteiger partial charge in [-0.05, 0) is 56.4 Å². The van der Waals surface area contributed by atoms with Crippen molar-refractivity contribution in [1.82, 2.24) is 39.7 Å². The SMILES string of the molecule is CC(=O)c1c([C@@H]2C[C@H]3CC[C@@H](C2)N3C(=O)c2nnc[nH]2)nc2c(-c3cnc4ccc(CO)cc4c3)cnn2c1N. The molecule has 2 bridgehead atoms. The molecule has 12 heteroatoms. The highest BCUT2D eigenvalue weighted by Gasteiger charge is 2.45. The number of benzene rings is 1. The Bertz CT molecular complexity index is 1780. The van der Waals surface area contributed by atoms with Crippen LogP contribution in [0.1, 0.15) is 70.8 Å². The number of hydrogen-bond donors (Lipinski definition) is 3. The molecule has 1 aromatic carbocycles. The van der Waals surface area contributed by atoms with Crippen LogP contribution in [-0.2, 0) is 6.61 Å². The number of carbonyl (C=O) groups is 2. The van der Waals surface area contributed by atoms with Crippen molar-refractivity contribution in [3.05, 3.63) is 65.6 Å². The molecule has 202 valence electrons. The molecule has 5 aromatic rings. The molecule has 0 unspecified atom stereocenters. The topological polar surface area (TPSA) is 168 Å². The van der Waals surface area contributed by atoms with E-state index in [2.05, 4.69) is 25.3 Å². The number of Topliss-reactive ketones (excluding diaryl/α,β-unsaturated/α-hetero) is 1. The monoisotopic (exact) mass is 537 g/mol. The van der Waals surface area contributed by atoms with Gasteiger partial charge < -0.3 is 20.7 Å². The molecule has 2 saturated heterocycles. The summed E-state index contributed by atoms with van der Waals surface area (Å²) in [6.07, 6.45) is 7.96. The van der Waals surface area contributed by atoms with E-state index < -0.39 is 0 Å². The van der Waals surface area contributed by atoms with Gasteiger partial charge in [0.2, 0.25) is 5.82 Å². The summed E-state index contributed by atoms with van der Waals surface area (Å²) in [7, 11) is 0. The maximum absolute atomic E-state index is 13.1. The Morgan fingerprint density at radius 2 is 1.95 bits per heavy atom. The quantitative estimate of drug-likeness (QED) is 0.285. The van der Waals surface area contributed by atoms with Crippen LogP contribution in [0, 0.1) is 0 Å².